The molecule has 0 radical (unpaired) electrons. The van der Waals surface area contributed by atoms with Crippen molar-refractivity contribution >= 4 is 11.8 Å². The summed E-state index contributed by atoms with van der Waals surface area (Å²) >= 11 is 0. The summed E-state index contributed by atoms with van der Waals surface area (Å²) in [6.07, 6.45) is 4.42. The molecule has 2 N–H and O–H groups in total. The van der Waals surface area contributed by atoms with Crippen LogP contribution in [0.3, 0.4) is 0 Å². The van der Waals surface area contributed by atoms with Crippen molar-refractivity contribution in [1.82, 2.24) is 10.2 Å². The molecule has 2 aliphatic heterocycles. The summed E-state index contributed by atoms with van der Waals surface area (Å²) in [5.41, 5.74) is 0. The number of carbonyl (C=O) groups excluding carboxylic acids is 2. The first kappa shape index (κ1) is 14.5. The third-order valence-electron chi connectivity index (χ3n) is 5.54. The fourth-order valence-electron chi connectivity index (χ4n) is 3.87. The lowest BCUT2D eigenvalue weighted by molar-refractivity contribution is -0.147. The molecule has 0 aromatic carbocycles. The van der Waals surface area contributed by atoms with E-state index in [1.807, 2.05) is 4.90 Å². The van der Waals surface area contributed by atoms with Crippen LogP contribution in [0.15, 0.2) is 0 Å². The average Bonchev–Trinajstić information content (AvgIpc) is 3.17. The molecule has 2 saturated carbocycles. The minimum atomic E-state index is -0.337. The molecular formula is C16H24N2O4. The van der Waals surface area contributed by atoms with Gasteiger partial charge in [-0.1, -0.05) is 0 Å². The van der Waals surface area contributed by atoms with Gasteiger partial charge in [0.1, 0.15) is 6.10 Å². The van der Waals surface area contributed by atoms with Crippen molar-refractivity contribution in [2.75, 3.05) is 13.1 Å². The molecular weight excluding hydrogens is 284 g/mol. The van der Waals surface area contributed by atoms with Crippen LogP contribution in [0, 0.1) is 11.8 Å². The summed E-state index contributed by atoms with van der Waals surface area (Å²) < 4.78 is 5.93. The lowest BCUT2D eigenvalue weighted by atomic mass is 9.80. The van der Waals surface area contributed by atoms with Gasteiger partial charge in [0.05, 0.1) is 12.2 Å². The number of fused-ring (bicyclic) bond motifs is 1. The number of nitrogens with one attached hydrogen (secondary N) is 1. The van der Waals surface area contributed by atoms with Crippen molar-refractivity contribution in [1.29, 1.82) is 0 Å². The minimum Gasteiger partial charge on any atom is -0.393 e. The number of hydrogen-bond acceptors (Lipinski definition) is 4. The molecule has 2 heterocycles. The highest BCUT2D eigenvalue weighted by molar-refractivity contribution is 5.82. The third-order valence-corrected chi connectivity index (χ3v) is 5.54. The minimum absolute atomic E-state index is 0.00217. The summed E-state index contributed by atoms with van der Waals surface area (Å²) in [5.74, 6) is 0.558. The topological polar surface area (TPSA) is 78.9 Å². The van der Waals surface area contributed by atoms with Crippen LogP contribution in [0.1, 0.15) is 38.5 Å². The van der Waals surface area contributed by atoms with Crippen LogP contribution in [0.5, 0.6) is 0 Å². The Balaban J connectivity index is 1.31. The Morgan fingerprint density at radius 1 is 1.14 bits per heavy atom. The van der Waals surface area contributed by atoms with Gasteiger partial charge in [-0.15, -0.1) is 0 Å². The standard InChI is InChI=1S/C16H24N2O4/c19-12-5-10(6-12)16(21)18-4-3-9-7-13(22-14(9)8-18)15(20)17-11-1-2-11/h9-14,19H,1-8H2,(H,17,20)/t9-,10?,12?,13?,14-/m0/s1. The maximum atomic E-state index is 12.4. The second-order valence-corrected chi connectivity index (χ2v) is 7.34. The maximum Gasteiger partial charge on any atom is 0.249 e. The monoisotopic (exact) mass is 308 g/mol. The molecule has 2 aliphatic carbocycles. The van der Waals surface area contributed by atoms with Gasteiger partial charge in [-0.2, -0.15) is 0 Å². The molecule has 4 rings (SSSR count). The van der Waals surface area contributed by atoms with E-state index in [0.29, 0.717) is 31.3 Å². The number of hydrogen-bond donors (Lipinski definition) is 2. The lowest BCUT2D eigenvalue weighted by Crippen LogP contribution is -2.50. The summed E-state index contributed by atoms with van der Waals surface area (Å²) in [6.45, 7) is 1.36. The van der Waals surface area contributed by atoms with Gasteiger partial charge in [0.15, 0.2) is 0 Å². The van der Waals surface area contributed by atoms with E-state index < -0.39 is 0 Å². The van der Waals surface area contributed by atoms with Gasteiger partial charge in [-0.25, -0.2) is 0 Å². The smallest absolute Gasteiger partial charge is 0.249 e. The van der Waals surface area contributed by atoms with Crippen molar-refractivity contribution in [3.63, 3.8) is 0 Å². The first-order chi connectivity index (χ1) is 10.6. The van der Waals surface area contributed by atoms with E-state index >= 15 is 0 Å². The highest BCUT2D eigenvalue weighted by Crippen LogP contribution is 2.36. The summed E-state index contributed by atoms with van der Waals surface area (Å²) in [4.78, 5) is 26.3. The number of likely N-dealkylation sites (tertiary alicyclic amines) is 1. The van der Waals surface area contributed by atoms with E-state index in [1.165, 1.54) is 0 Å². The quantitative estimate of drug-likeness (QED) is 0.772. The van der Waals surface area contributed by atoms with Crippen molar-refractivity contribution in [3.8, 4) is 0 Å². The van der Waals surface area contributed by atoms with Gasteiger partial charge in [0, 0.05) is 25.0 Å². The number of amides is 2. The van der Waals surface area contributed by atoms with Crippen LogP contribution >= 0.6 is 0 Å². The number of piperidine rings is 1. The van der Waals surface area contributed by atoms with Crippen molar-refractivity contribution in [2.45, 2.75) is 62.9 Å². The Bertz CT molecular complexity index is 473. The highest BCUT2D eigenvalue weighted by Gasteiger charge is 2.45. The van der Waals surface area contributed by atoms with Gasteiger partial charge in [0.2, 0.25) is 11.8 Å². The van der Waals surface area contributed by atoms with Crippen molar-refractivity contribution < 1.29 is 19.4 Å². The van der Waals surface area contributed by atoms with E-state index in [2.05, 4.69) is 5.32 Å². The van der Waals surface area contributed by atoms with Crippen LogP contribution in [0.4, 0.5) is 0 Å². The Kier molecular flexibility index (Phi) is 3.61. The zero-order valence-electron chi connectivity index (χ0n) is 12.7. The van der Waals surface area contributed by atoms with Crippen LogP contribution in [0.2, 0.25) is 0 Å². The molecule has 6 nitrogen and oxygen atoms in total. The number of ether oxygens (including phenoxy) is 1. The Morgan fingerprint density at radius 3 is 2.59 bits per heavy atom. The highest BCUT2D eigenvalue weighted by atomic mass is 16.5. The van der Waals surface area contributed by atoms with Crippen LogP contribution < -0.4 is 5.32 Å². The Hall–Kier alpha value is -1.14. The number of carbonyl (C=O) groups is 2. The normalized spacial score (nSPS) is 40.8. The predicted octanol–water partition coefficient (Wildman–Crippen LogP) is 0.0419. The van der Waals surface area contributed by atoms with Crippen LogP contribution in [-0.4, -0.2) is 59.3 Å². The second-order valence-electron chi connectivity index (χ2n) is 7.34. The van der Waals surface area contributed by atoms with Crippen molar-refractivity contribution in [2.24, 2.45) is 11.8 Å². The first-order valence-electron chi connectivity index (χ1n) is 8.53. The zero-order chi connectivity index (χ0) is 15.3. The number of rotatable bonds is 3. The van der Waals surface area contributed by atoms with Crippen LogP contribution in [0.25, 0.3) is 0 Å². The molecule has 3 atom stereocenters. The number of nitrogens with zero attached hydrogens (tertiary/aromatic N) is 1. The lowest BCUT2D eigenvalue weighted by Gasteiger charge is -2.39. The number of aliphatic hydroxyl groups is 1. The average molecular weight is 308 g/mol. The van der Waals surface area contributed by atoms with Gasteiger partial charge in [-0.05, 0) is 44.4 Å². The van der Waals surface area contributed by atoms with E-state index in [-0.39, 0.29) is 36.0 Å². The van der Waals surface area contributed by atoms with E-state index in [0.717, 1.165) is 32.2 Å². The van der Waals surface area contributed by atoms with Crippen LogP contribution in [-0.2, 0) is 14.3 Å². The van der Waals surface area contributed by atoms with E-state index in [4.69, 9.17) is 4.74 Å². The molecule has 0 aromatic rings. The SMILES string of the molecule is O=C(NC1CC1)C1C[C@@H]2CCN(C(=O)C3CC(O)C3)C[C@@H]2O1. The van der Waals surface area contributed by atoms with E-state index in [1.54, 1.807) is 0 Å². The Labute approximate surface area is 130 Å². The molecule has 122 valence electrons. The molecule has 22 heavy (non-hydrogen) atoms. The molecule has 0 bridgehead atoms. The molecule has 4 aliphatic rings. The summed E-state index contributed by atoms with van der Waals surface area (Å²) in [7, 11) is 0. The fourth-order valence-corrected chi connectivity index (χ4v) is 3.87. The Morgan fingerprint density at radius 2 is 1.91 bits per heavy atom. The molecule has 0 aromatic heterocycles. The summed E-state index contributed by atoms with van der Waals surface area (Å²) in [6, 6.07) is 0.363. The van der Waals surface area contributed by atoms with Crippen molar-refractivity contribution in [3.05, 3.63) is 0 Å². The predicted molar refractivity (Wildman–Crippen MR) is 77.9 cm³/mol. The van der Waals surface area contributed by atoms with Gasteiger partial charge < -0.3 is 20.1 Å². The van der Waals surface area contributed by atoms with E-state index in [9.17, 15) is 14.7 Å². The fraction of sp³-hybridized carbons (Fsp3) is 0.875. The van der Waals surface area contributed by atoms with Gasteiger partial charge in [0.25, 0.3) is 0 Å². The molecule has 0 spiro atoms. The maximum absolute atomic E-state index is 12.4. The third kappa shape index (κ3) is 2.74. The largest absolute Gasteiger partial charge is 0.393 e. The zero-order valence-corrected chi connectivity index (χ0v) is 12.7. The first-order valence-corrected chi connectivity index (χ1v) is 8.53. The van der Waals surface area contributed by atoms with Gasteiger partial charge >= 0.3 is 0 Å². The molecule has 2 saturated heterocycles. The molecule has 6 heteroatoms. The van der Waals surface area contributed by atoms with Gasteiger partial charge in [-0.3, -0.25) is 9.59 Å². The molecule has 1 unspecified atom stereocenters. The number of aliphatic hydroxyl groups excluding tert-OH is 1. The molecule has 4 fully saturated rings. The summed E-state index contributed by atoms with van der Waals surface area (Å²) in [5, 5.41) is 12.4. The molecule has 2 amide bonds. The second kappa shape index (κ2) is 5.49.